The van der Waals surface area contributed by atoms with Crippen LogP contribution in [0.4, 0.5) is 5.69 Å². The van der Waals surface area contributed by atoms with E-state index in [9.17, 15) is 19.5 Å². The number of likely N-dealkylation sites (tertiary alicyclic amines) is 1. The summed E-state index contributed by atoms with van der Waals surface area (Å²) in [4.78, 5) is 42.8. The van der Waals surface area contributed by atoms with Gasteiger partial charge in [-0.25, -0.2) is 0 Å². The molecule has 1 aromatic rings. The maximum atomic E-state index is 14.1. The Morgan fingerprint density at radius 3 is 2.60 bits per heavy atom. The number of esters is 1. The molecule has 3 unspecified atom stereocenters. The second-order valence-corrected chi connectivity index (χ2v) is 11.0. The second-order valence-electron chi connectivity index (χ2n) is 11.0. The van der Waals surface area contributed by atoms with Gasteiger partial charge in [-0.2, -0.15) is 0 Å². The Labute approximate surface area is 207 Å². The van der Waals surface area contributed by atoms with Crippen LogP contribution in [0.2, 0.25) is 0 Å². The summed E-state index contributed by atoms with van der Waals surface area (Å²) >= 11 is 0. The molecule has 8 heteroatoms. The van der Waals surface area contributed by atoms with Crippen molar-refractivity contribution in [3.63, 3.8) is 0 Å². The average molecular weight is 487 g/mol. The third kappa shape index (κ3) is 3.68. The van der Waals surface area contributed by atoms with Crippen LogP contribution in [0.15, 0.2) is 18.2 Å². The fourth-order valence-corrected chi connectivity index (χ4v) is 6.62. The van der Waals surface area contributed by atoms with Gasteiger partial charge in [0.2, 0.25) is 11.8 Å². The molecule has 0 saturated carbocycles. The zero-order valence-electron chi connectivity index (χ0n) is 21.8. The van der Waals surface area contributed by atoms with Crippen LogP contribution in [-0.2, 0) is 23.9 Å². The van der Waals surface area contributed by atoms with E-state index in [0.717, 1.165) is 11.1 Å². The molecule has 192 valence electrons. The number of nitrogens with zero attached hydrogens (tertiary/aromatic N) is 1. The predicted molar refractivity (Wildman–Crippen MR) is 131 cm³/mol. The van der Waals surface area contributed by atoms with Crippen molar-refractivity contribution in [2.45, 2.75) is 78.2 Å². The first kappa shape index (κ1) is 25.6. The van der Waals surface area contributed by atoms with Crippen molar-refractivity contribution in [3.05, 3.63) is 29.3 Å². The highest BCUT2D eigenvalue weighted by molar-refractivity contribution is 6.04. The number of ether oxygens (including phenoxy) is 2. The Morgan fingerprint density at radius 2 is 2.00 bits per heavy atom. The van der Waals surface area contributed by atoms with Gasteiger partial charge in [0, 0.05) is 5.69 Å². The molecule has 3 aliphatic rings. The van der Waals surface area contributed by atoms with E-state index in [1.165, 1.54) is 4.90 Å². The zero-order chi connectivity index (χ0) is 25.9. The monoisotopic (exact) mass is 486 g/mol. The number of carbonyl (C=O) groups excluding carboxylic acids is 3. The van der Waals surface area contributed by atoms with E-state index in [1.54, 1.807) is 6.92 Å². The number of fused-ring (bicyclic) bond motifs is 1. The summed E-state index contributed by atoms with van der Waals surface area (Å²) in [6.45, 7) is 13.2. The molecule has 0 radical (unpaired) electrons. The van der Waals surface area contributed by atoms with Gasteiger partial charge in [0.1, 0.15) is 17.6 Å². The normalized spacial score (nSPS) is 34.3. The zero-order valence-corrected chi connectivity index (χ0v) is 21.8. The van der Waals surface area contributed by atoms with Crippen molar-refractivity contribution in [2.24, 2.45) is 23.7 Å². The quantitative estimate of drug-likeness (QED) is 0.575. The fraction of sp³-hybridized carbons (Fsp3) is 0.667. The predicted octanol–water partition coefficient (Wildman–Crippen LogP) is 2.83. The number of hydrogen-bond donors (Lipinski definition) is 2. The minimum Gasteiger partial charge on any atom is -0.466 e. The molecule has 7 atom stereocenters. The van der Waals surface area contributed by atoms with E-state index < -0.39 is 41.1 Å². The molecule has 3 fully saturated rings. The Balaban J connectivity index is 1.84. The molecule has 0 aromatic heterocycles. The van der Waals surface area contributed by atoms with Crippen LogP contribution < -0.4 is 5.32 Å². The molecule has 2 amide bonds. The number of benzene rings is 1. The van der Waals surface area contributed by atoms with Gasteiger partial charge in [-0.15, -0.1) is 0 Å². The van der Waals surface area contributed by atoms with E-state index >= 15 is 0 Å². The SMILES string of the molecule is CCOC(=O)[C@H]1[C@H]2C(=O)N([C@@H](CO)C(C)C)C(C(=O)Nc3cc(C)ccc3C)C23CC(C)[C@]1(C)O3. The number of amides is 2. The van der Waals surface area contributed by atoms with E-state index in [4.69, 9.17) is 9.47 Å². The van der Waals surface area contributed by atoms with Crippen LogP contribution in [0.5, 0.6) is 0 Å². The lowest BCUT2D eigenvalue weighted by Crippen LogP contribution is -2.57. The number of carbonyl (C=O) groups is 3. The molecular formula is C27H38N2O6. The summed E-state index contributed by atoms with van der Waals surface area (Å²) in [6.07, 6.45) is 0.466. The summed E-state index contributed by atoms with van der Waals surface area (Å²) < 4.78 is 12.1. The molecule has 35 heavy (non-hydrogen) atoms. The van der Waals surface area contributed by atoms with Gasteiger partial charge in [-0.3, -0.25) is 14.4 Å². The van der Waals surface area contributed by atoms with Crippen LogP contribution in [0.1, 0.15) is 52.2 Å². The molecule has 2 N–H and O–H groups in total. The van der Waals surface area contributed by atoms with Gasteiger partial charge in [0.25, 0.3) is 0 Å². The highest BCUT2D eigenvalue weighted by Crippen LogP contribution is 2.65. The van der Waals surface area contributed by atoms with Gasteiger partial charge in [-0.05, 0) is 63.1 Å². The summed E-state index contributed by atoms with van der Waals surface area (Å²) in [5, 5.41) is 13.3. The topological polar surface area (TPSA) is 105 Å². The molecule has 3 aliphatic heterocycles. The molecular weight excluding hydrogens is 448 g/mol. The fourth-order valence-electron chi connectivity index (χ4n) is 6.62. The van der Waals surface area contributed by atoms with Gasteiger partial charge >= 0.3 is 5.97 Å². The number of aliphatic hydroxyl groups excluding tert-OH is 1. The highest BCUT2D eigenvalue weighted by Gasteiger charge is 2.80. The Morgan fingerprint density at radius 1 is 1.31 bits per heavy atom. The number of aryl methyl sites for hydroxylation is 2. The minimum absolute atomic E-state index is 0.0662. The summed E-state index contributed by atoms with van der Waals surface area (Å²) in [5.41, 5.74) is 0.479. The van der Waals surface area contributed by atoms with Crippen LogP contribution >= 0.6 is 0 Å². The maximum Gasteiger partial charge on any atom is 0.312 e. The van der Waals surface area contributed by atoms with E-state index in [0.29, 0.717) is 12.1 Å². The average Bonchev–Trinajstić information content (AvgIpc) is 3.28. The maximum absolute atomic E-state index is 14.1. The smallest absolute Gasteiger partial charge is 0.312 e. The molecule has 2 bridgehead atoms. The first-order valence-corrected chi connectivity index (χ1v) is 12.6. The Hall–Kier alpha value is -2.45. The number of nitrogens with one attached hydrogen (secondary N) is 1. The molecule has 8 nitrogen and oxygen atoms in total. The van der Waals surface area contributed by atoms with Crippen LogP contribution in [-0.4, -0.2) is 64.3 Å². The number of aliphatic hydroxyl groups is 1. The summed E-state index contributed by atoms with van der Waals surface area (Å²) in [5.74, 6) is -2.99. The van der Waals surface area contributed by atoms with Crippen LogP contribution in [0.25, 0.3) is 0 Å². The second kappa shape index (κ2) is 8.89. The molecule has 4 rings (SSSR count). The van der Waals surface area contributed by atoms with Crippen LogP contribution in [0, 0.1) is 37.5 Å². The molecule has 3 heterocycles. The standard InChI is InChI=1S/C27H38N2O6/c1-8-34-25(33)21-20-24(32)29(19(13-30)14(2)3)22(27(20)12-17(6)26(21,7)35-27)23(31)28-18-11-15(4)9-10-16(18)5/h9-11,14,17,19-22,30H,8,12-13H2,1-7H3,(H,28,31)/t17?,19-,20-,21+,22?,26-,27?/m0/s1. The van der Waals surface area contributed by atoms with E-state index in [-0.39, 0.29) is 36.9 Å². The molecule has 1 aromatic carbocycles. The first-order valence-electron chi connectivity index (χ1n) is 12.6. The van der Waals surface area contributed by atoms with E-state index in [1.807, 2.05) is 59.7 Å². The van der Waals surface area contributed by atoms with Crippen molar-refractivity contribution in [3.8, 4) is 0 Å². The lowest BCUT2D eigenvalue weighted by Gasteiger charge is -2.38. The lowest BCUT2D eigenvalue weighted by atomic mass is 9.62. The minimum atomic E-state index is -1.17. The highest BCUT2D eigenvalue weighted by atomic mass is 16.6. The number of anilines is 1. The first-order chi connectivity index (χ1) is 16.4. The lowest BCUT2D eigenvalue weighted by molar-refractivity contribution is -0.162. The van der Waals surface area contributed by atoms with Crippen molar-refractivity contribution >= 4 is 23.5 Å². The van der Waals surface area contributed by atoms with Crippen molar-refractivity contribution in [2.75, 3.05) is 18.5 Å². The van der Waals surface area contributed by atoms with E-state index in [2.05, 4.69) is 5.32 Å². The van der Waals surface area contributed by atoms with Gasteiger partial charge in [0.05, 0.1) is 30.8 Å². The van der Waals surface area contributed by atoms with Crippen molar-refractivity contribution in [1.82, 2.24) is 4.90 Å². The summed E-state index contributed by atoms with van der Waals surface area (Å²) in [6, 6.07) is 4.23. The largest absolute Gasteiger partial charge is 0.466 e. The Kier molecular flexibility index (Phi) is 6.51. The molecule has 1 spiro atoms. The van der Waals surface area contributed by atoms with Gasteiger partial charge in [-0.1, -0.05) is 32.9 Å². The Bertz CT molecular complexity index is 1040. The van der Waals surface area contributed by atoms with Gasteiger partial charge < -0.3 is 24.8 Å². The number of hydrogen-bond acceptors (Lipinski definition) is 6. The number of rotatable bonds is 7. The third-order valence-electron chi connectivity index (χ3n) is 8.51. The van der Waals surface area contributed by atoms with Crippen LogP contribution in [0.3, 0.4) is 0 Å². The van der Waals surface area contributed by atoms with Crippen molar-refractivity contribution < 1.29 is 29.0 Å². The molecule has 0 aliphatic carbocycles. The summed E-state index contributed by atoms with van der Waals surface area (Å²) in [7, 11) is 0. The third-order valence-corrected chi connectivity index (χ3v) is 8.51. The van der Waals surface area contributed by atoms with Gasteiger partial charge in [0.15, 0.2) is 0 Å². The molecule has 3 saturated heterocycles. The van der Waals surface area contributed by atoms with Crippen molar-refractivity contribution in [1.29, 1.82) is 0 Å².